The van der Waals surface area contributed by atoms with Gasteiger partial charge in [-0.05, 0) is 25.0 Å². The number of fused-ring (bicyclic) bond motifs is 1. The topological polar surface area (TPSA) is 90.4 Å². The number of nitrogens with zero attached hydrogens (tertiary/aromatic N) is 3. The Bertz CT molecular complexity index is 891. The molecule has 3 amide bonds. The molecule has 8 nitrogen and oxygen atoms in total. The second-order valence-corrected chi connectivity index (χ2v) is 6.86. The molecule has 3 heterocycles. The molecule has 2 saturated heterocycles. The standard InChI is InChI=1S/C17H21N5O3/c1-20-15(24)18-11-17(20)6-8-21(9-7-17)14(23)10-22-13-5-3-2-4-12(13)19-16(22)25/h2-5H,6-11H2,1H3,(H,18,24)(H,19,25). The number of nitrogens with one attached hydrogen (secondary N) is 2. The van der Waals surface area contributed by atoms with E-state index in [1.54, 1.807) is 9.80 Å². The summed E-state index contributed by atoms with van der Waals surface area (Å²) in [6.07, 6.45) is 1.49. The third-order valence-corrected chi connectivity index (χ3v) is 5.61. The smallest absolute Gasteiger partial charge is 0.326 e. The van der Waals surface area contributed by atoms with Crippen LogP contribution in [0.25, 0.3) is 11.0 Å². The van der Waals surface area contributed by atoms with E-state index < -0.39 is 0 Å². The Balaban J connectivity index is 1.47. The first-order valence-corrected chi connectivity index (χ1v) is 8.47. The van der Waals surface area contributed by atoms with Crippen LogP contribution in [0, 0.1) is 0 Å². The highest BCUT2D eigenvalue weighted by Crippen LogP contribution is 2.31. The van der Waals surface area contributed by atoms with Crippen LogP contribution in [-0.4, -0.2) is 63.5 Å². The summed E-state index contributed by atoms with van der Waals surface area (Å²) in [4.78, 5) is 42.8. The van der Waals surface area contributed by atoms with Crippen molar-refractivity contribution < 1.29 is 9.59 Å². The highest BCUT2D eigenvalue weighted by molar-refractivity contribution is 5.81. The maximum absolute atomic E-state index is 12.7. The minimum atomic E-state index is -0.270. The minimum Gasteiger partial charge on any atom is -0.341 e. The highest BCUT2D eigenvalue weighted by Gasteiger charge is 2.45. The first-order valence-electron chi connectivity index (χ1n) is 8.47. The first kappa shape index (κ1) is 15.7. The van der Waals surface area contributed by atoms with Crippen LogP contribution in [0.4, 0.5) is 4.79 Å². The van der Waals surface area contributed by atoms with E-state index in [4.69, 9.17) is 0 Å². The lowest BCUT2D eigenvalue weighted by molar-refractivity contribution is -0.133. The first-order chi connectivity index (χ1) is 12.0. The van der Waals surface area contributed by atoms with Gasteiger partial charge in [0.25, 0.3) is 0 Å². The molecule has 1 aromatic carbocycles. The average Bonchev–Trinajstić information content (AvgIpc) is 3.08. The van der Waals surface area contributed by atoms with Gasteiger partial charge in [-0.2, -0.15) is 0 Å². The zero-order chi connectivity index (χ0) is 17.6. The van der Waals surface area contributed by atoms with Crippen LogP contribution in [0.3, 0.4) is 0 Å². The Morgan fingerprint density at radius 2 is 1.92 bits per heavy atom. The van der Waals surface area contributed by atoms with Gasteiger partial charge in [0.1, 0.15) is 6.54 Å². The maximum Gasteiger partial charge on any atom is 0.326 e. The Kier molecular flexibility index (Phi) is 3.55. The number of benzene rings is 1. The quantitative estimate of drug-likeness (QED) is 0.824. The molecule has 132 valence electrons. The lowest BCUT2D eigenvalue weighted by Crippen LogP contribution is -2.54. The number of aromatic nitrogens is 2. The normalized spacial score (nSPS) is 19.6. The summed E-state index contributed by atoms with van der Waals surface area (Å²) >= 11 is 0. The lowest BCUT2D eigenvalue weighted by atomic mass is 9.87. The van der Waals surface area contributed by atoms with Gasteiger partial charge in [-0.15, -0.1) is 0 Å². The number of aromatic amines is 1. The summed E-state index contributed by atoms with van der Waals surface area (Å²) in [6, 6.07) is 7.30. The van der Waals surface area contributed by atoms with Crippen molar-refractivity contribution in [2.75, 3.05) is 26.7 Å². The fraction of sp³-hybridized carbons (Fsp3) is 0.471. The van der Waals surface area contributed by atoms with E-state index in [0.717, 1.165) is 23.9 Å². The van der Waals surface area contributed by atoms with Crippen LogP contribution in [0.15, 0.2) is 29.1 Å². The number of likely N-dealkylation sites (tertiary alicyclic amines) is 1. The van der Waals surface area contributed by atoms with Gasteiger partial charge >= 0.3 is 11.7 Å². The molecule has 2 aliphatic heterocycles. The van der Waals surface area contributed by atoms with E-state index in [1.165, 1.54) is 4.57 Å². The number of urea groups is 1. The van der Waals surface area contributed by atoms with Crippen LogP contribution in [0.1, 0.15) is 12.8 Å². The zero-order valence-corrected chi connectivity index (χ0v) is 14.1. The average molecular weight is 343 g/mol. The maximum atomic E-state index is 12.7. The van der Waals surface area contributed by atoms with Gasteiger partial charge < -0.3 is 20.1 Å². The van der Waals surface area contributed by atoms with Crippen molar-refractivity contribution in [2.24, 2.45) is 0 Å². The molecular weight excluding hydrogens is 322 g/mol. The van der Waals surface area contributed by atoms with Gasteiger partial charge in [-0.25, -0.2) is 9.59 Å². The summed E-state index contributed by atoms with van der Waals surface area (Å²) in [7, 11) is 1.81. The molecule has 1 spiro atoms. The summed E-state index contributed by atoms with van der Waals surface area (Å²) in [5.41, 5.74) is 1.01. The number of likely N-dealkylation sites (N-methyl/N-ethyl adjacent to an activating group) is 1. The molecule has 0 atom stereocenters. The molecule has 4 rings (SSSR count). The fourth-order valence-corrected chi connectivity index (χ4v) is 3.88. The van der Waals surface area contributed by atoms with E-state index in [9.17, 15) is 14.4 Å². The highest BCUT2D eigenvalue weighted by atomic mass is 16.2. The summed E-state index contributed by atoms with van der Waals surface area (Å²) in [5.74, 6) is -0.0679. The van der Waals surface area contributed by atoms with Crippen LogP contribution < -0.4 is 11.0 Å². The summed E-state index contributed by atoms with van der Waals surface area (Å²) < 4.78 is 1.48. The van der Waals surface area contributed by atoms with Gasteiger partial charge in [0.05, 0.1) is 16.6 Å². The molecule has 0 aliphatic carbocycles. The molecule has 2 fully saturated rings. The van der Waals surface area contributed by atoms with Crippen LogP contribution in [-0.2, 0) is 11.3 Å². The number of carbonyl (C=O) groups is 2. The molecule has 2 aromatic rings. The van der Waals surface area contributed by atoms with Crippen molar-refractivity contribution in [3.63, 3.8) is 0 Å². The number of amides is 3. The minimum absolute atomic E-state index is 0.0306. The molecule has 0 radical (unpaired) electrons. The van der Waals surface area contributed by atoms with Crippen molar-refractivity contribution in [1.82, 2.24) is 24.7 Å². The Hall–Kier alpha value is -2.77. The molecule has 8 heteroatoms. The van der Waals surface area contributed by atoms with Crippen LogP contribution in [0.5, 0.6) is 0 Å². The van der Waals surface area contributed by atoms with E-state index in [0.29, 0.717) is 19.6 Å². The van der Waals surface area contributed by atoms with Crippen molar-refractivity contribution in [1.29, 1.82) is 0 Å². The van der Waals surface area contributed by atoms with Gasteiger partial charge in [-0.3, -0.25) is 9.36 Å². The predicted molar refractivity (Wildman–Crippen MR) is 92.3 cm³/mol. The van der Waals surface area contributed by atoms with Gasteiger partial charge in [-0.1, -0.05) is 12.1 Å². The van der Waals surface area contributed by atoms with Crippen LogP contribution >= 0.6 is 0 Å². The van der Waals surface area contributed by atoms with Gasteiger partial charge in [0, 0.05) is 26.7 Å². The second kappa shape index (κ2) is 5.65. The largest absolute Gasteiger partial charge is 0.341 e. The summed E-state index contributed by atoms with van der Waals surface area (Å²) in [5, 5.41) is 2.87. The molecule has 0 bridgehead atoms. The van der Waals surface area contributed by atoms with E-state index >= 15 is 0 Å². The third kappa shape index (κ3) is 2.48. The van der Waals surface area contributed by atoms with Crippen molar-refractivity contribution in [3.05, 3.63) is 34.7 Å². The Morgan fingerprint density at radius 3 is 2.60 bits per heavy atom. The number of carbonyl (C=O) groups excluding carboxylic acids is 2. The van der Waals surface area contributed by atoms with Crippen molar-refractivity contribution in [3.8, 4) is 0 Å². The van der Waals surface area contributed by atoms with E-state index in [1.807, 2.05) is 31.3 Å². The number of rotatable bonds is 2. The van der Waals surface area contributed by atoms with Gasteiger partial charge in [0.15, 0.2) is 0 Å². The number of piperidine rings is 1. The third-order valence-electron chi connectivity index (χ3n) is 5.61. The molecule has 0 unspecified atom stereocenters. The molecule has 2 N–H and O–H groups in total. The Labute approximate surface area is 144 Å². The van der Waals surface area contributed by atoms with E-state index in [2.05, 4.69) is 10.3 Å². The van der Waals surface area contributed by atoms with Crippen molar-refractivity contribution >= 4 is 23.0 Å². The number of imidazole rings is 1. The summed E-state index contributed by atoms with van der Waals surface area (Å²) in [6.45, 7) is 1.85. The van der Waals surface area contributed by atoms with Crippen molar-refractivity contribution in [2.45, 2.75) is 24.9 Å². The molecular formula is C17H21N5O3. The number of para-hydroxylation sites is 2. The number of hydrogen-bond donors (Lipinski definition) is 2. The lowest BCUT2D eigenvalue weighted by Gasteiger charge is -2.42. The number of hydrogen-bond acceptors (Lipinski definition) is 3. The van der Waals surface area contributed by atoms with E-state index in [-0.39, 0.29) is 29.7 Å². The molecule has 25 heavy (non-hydrogen) atoms. The predicted octanol–water partition coefficient (Wildman–Crippen LogP) is 0.346. The monoisotopic (exact) mass is 343 g/mol. The fourth-order valence-electron chi connectivity index (χ4n) is 3.88. The molecule has 1 aromatic heterocycles. The van der Waals surface area contributed by atoms with Gasteiger partial charge in [0.2, 0.25) is 5.91 Å². The SMILES string of the molecule is CN1C(=O)NCC12CCN(C(=O)Cn1c(=O)[nH]c3ccccc31)CC2. The molecule has 0 saturated carbocycles. The Morgan fingerprint density at radius 1 is 1.20 bits per heavy atom. The molecule has 2 aliphatic rings. The number of H-pyrrole nitrogens is 1. The zero-order valence-electron chi connectivity index (χ0n) is 14.1. The van der Waals surface area contributed by atoms with Crippen LogP contribution in [0.2, 0.25) is 0 Å². The second-order valence-electron chi connectivity index (χ2n) is 6.86.